The van der Waals surface area contributed by atoms with Crippen LogP contribution < -0.4 is 13.3 Å². The minimum atomic E-state index is -0.577. The number of hydrogen-bond acceptors (Lipinski definition) is 7. The van der Waals surface area contributed by atoms with Gasteiger partial charge in [-0.25, -0.2) is 9.59 Å². The Morgan fingerprint density at radius 1 is 0.281 bits per heavy atom. The molecule has 0 saturated carbocycles. The van der Waals surface area contributed by atoms with Crippen molar-refractivity contribution in [1.29, 1.82) is 0 Å². The number of fused-ring (bicyclic) bond motifs is 2. The zero-order valence-electron chi connectivity index (χ0n) is 56.3. The molecule has 0 fully saturated rings. The van der Waals surface area contributed by atoms with Crippen LogP contribution in [0.15, 0.2) is 45.3 Å². The average molecular weight is 13500 g/mol. The average Bonchev–Trinajstić information content (AvgIpc) is 1.67. The maximum atomic E-state index is 11.9. The van der Waals surface area contributed by atoms with Crippen molar-refractivity contribution in [1.82, 2.24) is 0 Å². The second kappa shape index (κ2) is 122. The zero-order valence-corrected chi connectivity index (χ0v) is 281. The van der Waals surface area contributed by atoms with Gasteiger partial charge < -0.3 is 9.47 Å². The molecule has 5 nitrogen and oxygen atoms in total. The molecule has 0 N–H and O–H groups in total. The van der Waals surface area contributed by atoms with Gasteiger partial charge in [0.15, 0.2) is 6.29 Å². The summed E-state index contributed by atoms with van der Waals surface area (Å²) in [4.78, 5) is 35.8. The Labute approximate surface area is 1510 Å². The van der Waals surface area contributed by atoms with Crippen LogP contribution in [0.25, 0.3) is 20.2 Å². The van der Waals surface area contributed by atoms with Gasteiger partial charge in [0.05, 0.1) is 13.2 Å². The van der Waals surface area contributed by atoms with E-state index in [9.17, 15) is 14.4 Å². The first-order valence-electron chi connectivity index (χ1n) is 24.3. The summed E-state index contributed by atoms with van der Waals surface area (Å²) in [6.45, 7) is 4.25. The predicted molar refractivity (Wildman–Crippen MR) is 1550 cm³/mol. The minimum absolute atomic E-state index is 0.241. The molecule has 0 saturated heterocycles. The fourth-order valence-electron chi connectivity index (χ4n) is 4.62. The molecule has 111 heteroatoms. The number of alkyl halides is 1. The van der Waals surface area contributed by atoms with Crippen LogP contribution in [0.5, 0.6) is 0 Å². The van der Waals surface area contributed by atoms with Gasteiger partial charge in [0, 0.05) is 40.0 Å². The topological polar surface area (TPSA) is 69.7 Å². The Bertz CT molecular complexity index is 3960. The molecule has 4 rings (SSSR count). The number of benzene rings is 2. The molecule has 0 aliphatic carbocycles. The molecule has 2 aromatic carbocycles. The summed E-state index contributed by atoms with van der Waals surface area (Å²) in [6, 6.07) is 11.6. The van der Waals surface area contributed by atoms with Gasteiger partial charge in [-0.3, -0.25) is 4.79 Å². The van der Waals surface area contributed by atoms with Gasteiger partial charge in [0.25, 0.3) is 0 Å². The van der Waals surface area contributed by atoms with E-state index in [-0.39, 0.29) is 5.97 Å². The number of carbonyl (C=O) groups excluding carboxylic acids is 3. The van der Waals surface area contributed by atoms with Crippen molar-refractivity contribution in [3.05, 3.63) is 66.2 Å². The van der Waals surface area contributed by atoms with Crippen molar-refractivity contribution in [3.63, 3.8) is 0 Å². The number of ether oxygens (including phenoxy) is 2. The Morgan fingerprint density at radius 3 is 0.630 bits per heavy atom. The molecule has 0 aliphatic rings. The third kappa shape index (κ3) is 79.8. The number of rotatable bonds is 53. The van der Waals surface area contributed by atoms with Gasteiger partial charge in [-0.05, 0) is 43.7 Å². The third-order valence-corrected chi connectivity index (χ3v) is 7700. The summed E-state index contributed by atoms with van der Waals surface area (Å²) in [5, 5.41) is 2.51. The van der Waals surface area contributed by atoms with Crippen LogP contribution in [-0.4, -0.2) is 31.4 Å². The molecule has 0 atom stereocenters. The maximum absolute atomic E-state index is 11.9. The second-order valence-corrected chi connectivity index (χ2v) is 2370. The van der Waals surface area contributed by atoms with Crippen LogP contribution in [-0.2, 0) is 14.8 Å². The molecule has 0 radical (unpaired) electrons. The summed E-state index contributed by atoms with van der Waals surface area (Å²) >= 11 is 184. The fourth-order valence-corrected chi connectivity index (χ4v) is 18700. The van der Waals surface area contributed by atoms with Crippen molar-refractivity contribution in [2.45, 2.75) is 19.2 Å². The van der Waals surface area contributed by atoms with E-state index < -0.39 is 385 Å². The van der Waals surface area contributed by atoms with E-state index in [1.165, 1.54) is 22.7 Å². The van der Waals surface area contributed by atoms with Gasteiger partial charge in [-0.15, -0.1) is 22.7 Å². The summed E-state index contributed by atoms with van der Waals surface area (Å²) in [7, 11) is -25.5. The third-order valence-electron chi connectivity index (χ3n) is 8.43. The normalized spacial score (nSPS) is 16.7. The Kier molecular flexibility index (Phi) is 185. The van der Waals surface area contributed by atoms with Gasteiger partial charge in [-0.2, -0.15) is 0 Å². The molecule has 0 unspecified atom stereocenters. The molecular weight excluding hydrogens is 13500 g/mol. The number of aldehydes is 1. The van der Waals surface area contributed by atoms with Gasteiger partial charge in [0.2, 0.25) is 0 Å². The molecule has 135 heavy (non-hydrogen) atoms. The van der Waals surface area contributed by atoms with E-state index in [4.69, 9.17) is 9.47 Å². The van der Waals surface area contributed by atoms with Crippen molar-refractivity contribution < 1.29 is 37.1 Å². The molecule has 0 spiro atoms. The summed E-state index contributed by atoms with van der Waals surface area (Å²) in [6.07, 6.45) is 0.704. The molecule has 4 aromatic rings. The first-order valence-corrected chi connectivity index (χ1v) is 651. The van der Waals surface area contributed by atoms with E-state index in [0.717, 1.165) is 34.7 Å². The van der Waals surface area contributed by atoms with Crippen LogP contribution in [0.1, 0.15) is 49.1 Å². The Balaban J connectivity index is 0.000000997. The van der Waals surface area contributed by atoms with Crippen molar-refractivity contribution in [3.8, 4) is 0 Å². The van der Waals surface area contributed by atoms with Crippen LogP contribution in [0.4, 0.5) is 0 Å². The van der Waals surface area contributed by atoms with Crippen LogP contribution in [0.3, 0.4) is 0 Å². The number of carbonyl (C=O) groups is 3. The number of hydrogen-bond donors (Lipinski definition) is 0. The SMILES string of the molecule is CCOC(=O)c1sc2cccc(Br)c2c1C=O.CCOC(=O)c1sc2cccc(Br)c2c1CBr.II(I)I(I)I(I)I(I)I(I)I(I)I(I)I(I)I(I)I(I)I(I)I(I)I(I)I(I)I(I)I(I)I(I)I(I)I(I)I(I)I(I)I(I)I(I)I(I)I.I[I-]I(I)I(I)I(I)I(I)I(I)I(I)I(I)I(I)I(I)I(I)I(I)I(I)I(I)I(I)I(I)I(I)I(I)I(I)I(I)I(I)I(I)I(I)I(I)I(I)I. The van der Waals surface area contributed by atoms with Crippen molar-refractivity contribution in [2.75, 3.05) is 13.2 Å². The zero-order chi connectivity index (χ0) is 105. The van der Waals surface area contributed by atoms with Crippen LogP contribution in [0, 0.1) is 0 Å². The summed E-state index contributed by atoms with van der Waals surface area (Å²) < 4.78 is 13.8. The molecule has 2 heterocycles. The van der Waals surface area contributed by atoms with E-state index in [0.29, 0.717) is 53.4 Å². The molecule has 0 amide bonds. The monoisotopic (exact) mass is 13500 g/mol. The Morgan fingerprint density at radius 2 is 0.452 bits per heavy atom. The van der Waals surface area contributed by atoms with E-state index in [1.807, 2.05) is 43.3 Å². The van der Waals surface area contributed by atoms with E-state index >= 15 is 0 Å². The fraction of sp³-hybridized carbons (Fsp3) is 0.208. The predicted octanol–water partition coefficient (Wildman–Crippen LogP) is 94.0. The second-order valence-electron chi connectivity index (χ2n) is 14.5. The van der Waals surface area contributed by atoms with Gasteiger partial charge in [0.1, 0.15) is 9.75 Å². The summed E-state index contributed by atoms with van der Waals surface area (Å²) in [5.41, 5.74) is 1.40. The molecular formula is C24H19Br3I101O5S2-. The summed E-state index contributed by atoms with van der Waals surface area (Å²) in [5.74, 6) is -0.683. The van der Waals surface area contributed by atoms with Crippen LogP contribution in [0.2, 0.25) is 0 Å². The Hall–Kier alpha value is 72.1. The van der Waals surface area contributed by atoms with Gasteiger partial charge in [-0.1, -0.05) is 59.9 Å². The molecule has 0 bridgehead atoms. The molecule has 0 aliphatic heterocycles. The van der Waals surface area contributed by atoms with Crippen LogP contribution >= 0.6 is 1420 Å². The molecule has 886 valence electrons. The van der Waals surface area contributed by atoms with E-state index in [1.54, 1.807) is 6.92 Å². The standard InChI is InChI=1S/C12H10Br2O2S.C12H9BrO3S.I51.I50/c1-2-16-12(15)11-7(6-13)10-8(14)4-3-5-9(10)17-11;1-2-16-12(15)11-7(6-14)10-8(13)4-3-5-9(10)17-11;1-27-29(4)31(6)33(8)35(10)37(12)39(14)41(16)43(18)45(20)47(22)49(24)51(26)50(25)48(23)46(21)44(19)42(17)40(15)38(13)36(11)34(9)32(7)30(5)28(2)3;1-27(2)29(5)31(7)33(9)35(11)37(13)39(15)41(17)43(19)45(21)47(23)49(25)50(26)48(24)46(22)44(20)42(18)40(16)38(14)36(12)34(10)32(8)30(6)28(3)4/h3-5H,2,6H2,1H3;3-6H,2H2,1H3;;/q;;-1;. The van der Waals surface area contributed by atoms with E-state index in [2.05, 4.69) is 1020 Å². The first-order chi connectivity index (χ1) is 62.3. The molecule has 2 aromatic heterocycles. The first kappa shape index (κ1) is 205. The number of thiophene rings is 2. The quantitative estimate of drug-likeness (QED) is 0.0191. The van der Waals surface area contributed by atoms with Gasteiger partial charge >= 0.3 is 1370 Å². The number of esters is 2. The van der Waals surface area contributed by atoms with Crippen molar-refractivity contribution in [2.24, 2.45) is 0 Å². The number of halogens is 104. The van der Waals surface area contributed by atoms with Crippen molar-refractivity contribution >= 4 is 1460 Å².